The van der Waals surface area contributed by atoms with Gasteiger partial charge in [0, 0.05) is 17.3 Å². The molecule has 2 N–H and O–H groups in total. The summed E-state index contributed by atoms with van der Waals surface area (Å²) in [6.45, 7) is 8.12. The summed E-state index contributed by atoms with van der Waals surface area (Å²) in [7, 11) is 0. The van der Waals surface area contributed by atoms with Gasteiger partial charge in [0.2, 0.25) is 5.91 Å². The number of ether oxygens (including phenoxy) is 1. The van der Waals surface area contributed by atoms with Crippen molar-refractivity contribution in [2.24, 2.45) is 0 Å². The van der Waals surface area contributed by atoms with Gasteiger partial charge in [-0.3, -0.25) is 14.5 Å². The number of nitrogens with zero attached hydrogens (tertiary/aromatic N) is 1. The fourth-order valence-electron chi connectivity index (χ4n) is 4.28. The quantitative estimate of drug-likeness (QED) is 0.426. The molecule has 7 nitrogen and oxygen atoms in total. The summed E-state index contributed by atoms with van der Waals surface area (Å²) in [6, 6.07) is 21.4. The van der Waals surface area contributed by atoms with Gasteiger partial charge in [-0.2, -0.15) is 0 Å². The number of anilines is 1. The number of hydrogen-bond donors (Lipinski definition) is 2. The van der Waals surface area contributed by atoms with Crippen LogP contribution in [0.15, 0.2) is 72.8 Å². The number of carbonyl (C=O) groups is 3. The van der Waals surface area contributed by atoms with Crippen molar-refractivity contribution in [2.75, 3.05) is 5.32 Å². The molecule has 1 heterocycles. The van der Waals surface area contributed by atoms with E-state index < -0.39 is 18.2 Å². The van der Waals surface area contributed by atoms with Crippen LogP contribution in [0, 0.1) is 13.8 Å². The fraction of sp³-hybridized carbons (Fsp3) is 0.300. The third kappa shape index (κ3) is 6.17. The van der Waals surface area contributed by atoms with Crippen molar-refractivity contribution in [1.29, 1.82) is 0 Å². The highest BCUT2D eigenvalue weighted by molar-refractivity contribution is 6.04. The van der Waals surface area contributed by atoms with Crippen molar-refractivity contribution in [2.45, 2.75) is 58.8 Å². The molecule has 3 aromatic carbocycles. The van der Waals surface area contributed by atoms with Crippen LogP contribution in [-0.2, 0) is 16.1 Å². The summed E-state index contributed by atoms with van der Waals surface area (Å²) in [4.78, 5) is 40.4. The maximum atomic E-state index is 13.4. The highest BCUT2D eigenvalue weighted by Gasteiger charge is 2.47. The molecular weight excluding hydrogens is 466 g/mol. The second-order valence-electron chi connectivity index (χ2n) is 9.63. The summed E-state index contributed by atoms with van der Waals surface area (Å²) >= 11 is 0. The first kappa shape index (κ1) is 25.9. The van der Waals surface area contributed by atoms with Gasteiger partial charge in [0.05, 0.1) is 6.54 Å². The lowest BCUT2D eigenvalue weighted by Crippen LogP contribution is -2.48. The predicted molar refractivity (Wildman–Crippen MR) is 143 cm³/mol. The number of aryl methyl sites for hydroxylation is 2. The molecule has 1 aliphatic heterocycles. The third-order valence-electron chi connectivity index (χ3n) is 6.61. The smallest absolute Gasteiger partial charge is 0.411 e. The first-order valence-corrected chi connectivity index (χ1v) is 12.6. The minimum absolute atomic E-state index is 0.0377. The Balaban J connectivity index is 1.55. The summed E-state index contributed by atoms with van der Waals surface area (Å²) < 4.78 is 5.75. The topological polar surface area (TPSA) is 87.7 Å². The predicted octanol–water partition coefficient (Wildman–Crippen LogP) is 5.53. The largest absolute Gasteiger partial charge is 0.438 e. The van der Waals surface area contributed by atoms with E-state index >= 15 is 0 Å². The Morgan fingerprint density at radius 1 is 0.973 bits per heavy atom. The Morgan fingerprint density at radius 2 is 1.68 bits per heavy atom. The molecule has 0 aliphatic carbocycles. The molecule has 3 aromatic rings. The van der Waals surface area contributed by atoms with Crippen molar-refractivity contribution in [3.8, 4) is 0 Å². The normalized spacial score (nSPS) is 17.7. The van der Waals surface area contributed by atoms with Crippen LogP contribution >= 0.6 is 0 Å². The molecule has 37 heavy (non-hydrogen) atoms. The Hall–Kier alpha value is -4.13. The molecule has 0 spiro atoms. The molecule has 3 amide bonds. The van der Waals surface area contributed by atoms with Crippen molar-refractivity contribution in [3.05, 3.63) is 101 Å². The summed E-state index contributed by atoms with van der Waals surface area (Å²) in [6.07, 6.45) is -0.541. The van der Waals surface area contributed by atoms with E-state index in [0.717, 1.165) is 23.1 Å². The molecule has 0 bridgehead atoms. The highest BCUT2D eigenvalue weighted by Crippen LogP contribution is 2.34. The van der Waals surface area contributed by atoms with Crippen LogP contribution in [0.3, 0.4) is 0 Å². The monoisotopic (exact) mass is 499 g/mol. The molecule has 192 valence electrons. The fourth-order valence-corrected chi connectivity index (χ4v) is 4.28. The lowest BCUT2D eigenvalue weighted by molar-refractivity contribution is -0.127. The zero-order valence-electron chi connectivity index (χ0n) is 21.7. The van der Waals surface area contributed by atoms with Crippen LogP contribution in [0.1, 0.15) is 59.0 Å². The summed E-state index contributed by atoms with van der Waals surface area (Å²) in [5, 5.41) is 5.90. The standard InChI is InChI=1S/C30H33N3O4/c1-5-21(4)31-29(35)26-27(37-30(36)33(26)18-22-11-9-19(2)10-12-22)23-13-15-25(16-14-23)32-28(34)24-8-6-7-20(3)17-24/h6-17,21,26-27H,5,18H2,1-4H3,(H,31,35)(H,32,34)/t21-,26+,27-/m0/s1. The van der Waals surface area contributed by atoms with Crippen molar-refractivity contribution in [3.63, 3.8) is 0 Å². The van der Waals surface area contributed by atoms with Crippen LogP contribution in [-0.4, -0.2) is 34.9 Å². The molecule has 0 aromatic heterocycles. The van der Waals surface area contributed by atoms with Gasteiger partial charge in [-0.25, -0.2) is 4.79 Å². The van der Waals surface area contributed by atoms with Gasteiger partial charge in [-0.05, 0) is 62.6 Å². The van der Waals surface area contributed by atoms with Crippen LogP contribution in [0.2, 0.25) is 0 Å². The van der Waals surface area contributed by atoms with E-state index in [-0.39, 0.29) is 24.4 Å². The highest BCUT2D eigenvalue weighted by atomic mass is 16.6. The first-order valence-electron chi connectivity index (χ1n) is 12.6. The Labute approximate surface area is 217 Å². The Morgan fingerprint density at radius 3 is 2.32 bits per heavy atom. The van der Waals surface area contributed by atoms with Gasteiger partial charge in [0.1, 0.15) is 0 Å². The van der Waals surface area contributed by atoms with E-state index in [1.54, 1.807) is 30.3 Å². The van der Waals surface area contributed by atoms with E-state index in [9.17, 15) is 14.4 Å². The van der Waals surface area contributed by atoms with Crippen LogP contribution in [0.5, 0.6) is 0 Å². The Bertz CT molecular complexity index is 1270. The molecule has 1 fully saturated rings. The summed E-state index contributed by atoms with van der Waals surface area (Å²) in [5.74, 6) is -0.465. The lowest BCUT2D eigenvalue weighted by atomic mass is 9.99. The number of nitrogens with one attached hydrogen (secondary N) is 2. The van der Waals surface area contributed by atoms with Gasteiger partial charge in [-0.1, -0.05) is 66.6 Å². The number of hydrogen-bond acceptors (Lipinski definition) is 4. The van der Waals surface area contributed by atoms with E-state index in [0.29, 0.717) is 16.8 Å². The van der Waals surface area contributed by atoms with E-state index in [1.165, 1.54) is 4.90 Å². The average molecular weight is 500 g/mol. The van der Waals surface area contributed by atoms with Crippen molar-refractivity contribution in [1.82, 2.24) is 10.2 Å². The molecule has 7 heteroatoms. The number of benzene rings is 3. The lowest BCUT2D eigenvalue weighted by Gasteiger charge is -2.25. The van der Waals surface area contributed by atoms with Crippen LogP contribution in [0.25, 0.3) is 0 Å². The van der Waals surface area contributed by atoms with E-state index in [4.69, 9.17) is 4.74 Å². The van der Waals surface area contributed by atoms with Crippen LogP contribution in [0.4, 0.5) is 10.5 Å². The van der Waals surface area contributed by atoms with E-state index in [2.05, 4.69) is 10.6 Å². The van der Waals surface area contributed by atoms with E-state index in [1.807, 2.05) is 70.2 Å². The first-order chi connectivity index (χ1) is 17.7. The number of cyclic esters (lactones) is 1. The molecule has 1 aliphatic rings. The van der Waals surface area contributed by atoms with Gasteiger partial charge < -0.3 is 15.4 Å². The van der Waals surface area contributed by atoms with Gasteiger partial charge >= 0.3 is 6.09 Å². The second-order valence-corrected chi connectivity index (χ2v) is 9.63. The summed E-state index contributed by atoms with van der Waals surface area (Å²) in [5.41, 5.74) is 4.89. The van der Waals surface area contributed by atoms with Crippen molar-refractivity contribution >= 4 is 23.6 Å². The van der Waals surface area contributed by atoms with Gasteiger partial charge in [0.25, 0.3) is 5.91 Å². The zero-order chi connectivity index (χ0) is 26.5. The SMILES string of the molecule is CC[C@H](C)NC(=O)[C@H]1[C@H](c2ccc(NC(=O)c3cccc(C)c3)cc2)OC(=O)N1Cc1ccc(C)cc1. The molecule has 4 rings (SSSR count). The molecule has 1 saturated heterocycles. The van der Waals surface area contributed by atoms with Gasteiger partial charge in [-0.15, -0.1) is 0 Å². The number of rotatable bonds is 8. The number of carbonyl (C=O) groups excluding carboxylic acids is 3. The van der Waals surface area contributed by atoms with Crippen LogP contribution < -0.4 is 10.6 Å². The number of amides is 3. The second kappa shape index (κ2) is 11.3. The molecule has 0 radical (unpaired) electrons. The minimum Gasteiger partial charge on any atom is -0.438 e. The Kier molecular flexibility index (Phi) is 7.92. The average Bonchev–Trinajstić information content (AvgIpc) is 3.21. The van der Waals surface area contributed by atoms with Crippen molar-refractivity contribution < 1.29 is 19.1 Å². The zero-order valence-corrected chi connectivity index (χ0v) is 21.7. The minimum atomic E-state index is -0.824. The maximum absolute atomic E-state index is 13.4. The van der Waals surface area contributed by atoms with Gasteiger partial charge in [0.15, 0.2) is 12.1 Å². The third-order valence-corrected chi connectivity index (χ3v) is 6.61. The maximum Gasteiger partial charge on any atom is 0.411 e. The molecular formula is C30H33N3O4. The molecule has 3 atom stereocenters. The molecule has 0 unspecified atom stereocenters. The molecule has 0 saturated carbocycles.